The Morgan fingerprint density at radius 3 is 2.65 bits per heavy atom. The third-order valence-electron chi connectivity index (χ3n) is 7.02. The molecule has 0 radical (unpaired) electrons. The van der Waals surface area contributed by atoms with E-state index in [9.17, 15) is 18.0 Å². The minimum Gasteiger partial charge on any atom is -0.327 e. The maximum absolute atomic E-state index is 14.0. The number of aromatic nitrogens is 3. The number of amides is 1. The van der Waals surface area contributed by atoms with Crippen LogP contribution in [0.2, 0.25) is 0 Å². The van der Waals surface area contributed by atoms with Crippen molar-refractivity contribution in [2.45, 2.75) is 37.8 Å². The van der Waals surface area contributed by atoms with E-state index in [1.807, 2.05) is 35.2 Å². The molecule has 0 aliphatic carbocycles. The average molecular weight is 462 g/mol. The van der Waals surface area contributed by atoms with Gasteiger partial charge in [0.1, 0.15) is 0 Å². The highest BCUT2D eigenvalue weighted by Crippen LogP contribution is 2.45. The van der Waals surface area contributed by atoms with Crippen LogP contribution in [0, 0.1) is 17.5 Å². The predicted molar refractivity (Wildman–Crippen MR) is 121 cm³/mol. The van der Waals surface area contributed by atoms with E-state index in [0.717, 1.165) is 53.6 Å². The number of hydrogen-bond donors (Lipinski definition) is 0. The van der Waals surface area contributed by atoms with Crippen molar-refractivity contribution in [1.82, 2.24) is 19.7 Å². The third kappa shape index (κ3) is 3.12. The first-order valence-electron chi connectivity index (χ1n) is 11.3. The number of aryl methyl sites for hydroxylation is 1. The van der Waals surface area contributed by atoms with Crippen LogP contribution in [0.25, 0.3) is 22.2 Å². The quantitative estimate of drug-likeness (QED) is 0.378. The van der Waals surface area contributed by atoms with Crippen LogP contribution in [0.15, 0.2) is 48.7 Å². The lowest BCUT2D eigenvalue weighted by Gasteiger charge is -2.45. The third-order valence-corrected chi connectivity index (χ3v) is 7.02. The van der Waals surface area contributed by atoms with E-state index >= 15 is 0 Å². The Morgan fingerprint density at radius 2 is 1.85 bits per heavy atom. The second-order valence-corrected chi connectivity index (χ2v) is 9.02. The molecule has 4 heterocycles. The largest absolute Gasteiger partial charge is 0.327 e. The fraction of sp³-hybridized carbons (Fsp3) is 0.269. The van der Waals surface area contributed by atoms with Gasteiger partial charge in [0, 0.05) is 41.4 Å². The highest BCUT2D eigenvalue weighted by atomic mass is 19.2. The number of fused-ring (bicyclic) bond motifs is 5. The molecule has 8 heteroatoms. The molecule has 0 unspecified atom stereocenters. The zero-order valence-electron chi connectivity index (χ0n) is 18.4. The summed E-state index contributed by atoms with van der Waals surface area (Å²) in [6, 6.07) is 11.1. The molecule has 5 nitrogen and oxygen atoms in total. The van der Waals surface area contributed by atoms with Gasteiger partial charge in [0.2, 0.25) is 0 Å². The van der Waals surface area contributed by atoms with Gasteiger partial charge in [0.25, 0.3) is 5.91 Å². The Labute approximate surface area is 193 Å². The van der Waals surface area contributed by atoms with Gasteiger partial charge in [-0.25, -0.2) is 13.2 Å². The number of piperidine rings is 1. The van der Waals surface area contributed by atoms with Gasteiger partial charge in [-0.15, -0.1) is 0 Å². The van der Waals surface area contributed by atoms with Gasteiger partial charge in [0.05, 0.1) is 22.9 Å². The summed E-state index contributed by atoms with van der Waals surface area (Å²) in [5.41, 5.74) is 3.75. The van der Waals surface area contributed by atoms with E-state index in [2.05, 4.69) is 10.1 Å². The van der Waals surface area contributed by atoms with E-state index < -0.39 is 17.5 Å². The number of hydrogen-bond acceptors (Lipinski definition) is 3. The Balaban J connectivity index is 1.42. The van der Waals surface area contributed by atoms with E-state index in [4.69, 9.17) is 0 Å². The van der Waals surface area contributed by atoms with Crippen LogP contribution >= 0.6 is 0 Å². The van der Waals surface area contributed by atoms with E-state index in [1.54, 1.807) is 17.9 Å². The van der Waals surface area contributed by atoms with Crippen molar-refractivity contribution in [3.8, 4) is 11.3 Å². The molecule has 2 aliphatic heterocycles. The van der Waals surface area contributed by atoms with E-state index in [-0.39, 0.29) is 23.6 Å². The lowest BCUT2D eigenvalue weighted by molar-refractivity contribution is 0.0392. The van der Waals surface area contributed by atoms with Gasteiger partial charge < -0.3 is 4.90 Å². The van der Waals surface area contributed by atoms with Gasteiger partial charge in [-0.3, -0.25) is 14.5 Å². The normalized spacial score (nSPS) is 19.4. The molecule has 4 aromatic rings. The van der Waals surface area contributed by atoms with Crippen molar-refractivity contribution in [1.29, 1.82) is 0 Å². The Morgan fingerprint density at radius 1 is 1.06 bits per heavy atom. The van der Waals surface area contributed by atoms with Crippen molar-refractivity contribution in [3.05, 3.63) is 82.9 Å². The molecule has 172 valence electrons. The molecule has 0 spiro atoms. The van der Waals surface area contributed by atoms with Crippen molar-refractivity contribution < 1.29 is 18.0 Å². The summed E-state index contributed by atoms with van der Waals surface area (Å²) >= 11 is 0. The smallest absolute Gasteiger partial charge is 0.254 e. The van der Waals surface area contributed by atoms with Gasteiger partial charge in [-0.1, -0.05) is 12.1 Å². The summed E-state index contributed by atoms with van der Waals surface area (Å²) in [4.78, 5) is 20.0. The summed E-state index contributed by atoms with van der Waals surface area (Å²) in [5, 5.41) is 5.64. The lowest BCUT2D eigenvalue weighted by atomic mass is 9.81. The van der Waals surface area contributed by atoms with Crippen molar-refractivity contribution in [2.24, 2.45) is 7.05 Å². The molecule has 1 saturated heterocycles. The summed E-state index contributed by atoms with van der Waals surface area (Å²) in [6.07, 6.45) is 4.77. The summed E-state index contributed by atoms with van der Waals surface area (Å²) in [7, 11) is 1.71. The van der Waals surface area contributed by atoms with Crippen LogP contribution in [-0.4, -0.2) is 31.6 Å². The first kappa shape index (κ1) is 20.9. The Hall–Kier alpha value is -3.68. The fourth-order valence-corrected chi connectivity index (χ4v) is 5.55. The highest BCUT2D eigenvalue weighted by Gasteiger charge is 2.43. The minimum atomic E-state index is -1.49. The van der Waals surface area contributed by atoms with Crippen LogP contribution in [0.3, 0.4) is 0 Å². The van der Waals surface area contributed by atoms with E-state index in [1.165, 1.54) is 0 Å². The first-order chi connectivity index (χ1) is 16.4. The number of pyridine rings is 1. The van der Waals surface area contributed by atoms with Crippen molar-refractivity contribution in [3.63, 3.8) is 0 Å². The molecular weight excluding hydrogens is 441 g/mol. The molecule has 0 N–H and O–H groups in total. The van der Waals surface area contributed by atoms with Gasteiger partial charge >= 0.3 is 0 Å². The average Bonchev–Trinajstić information content (AvgIpc) is 3.16. The monoisotopic (exact) mass is 462 g/mol. The Kier molecular flexibility index (Phi) is 4.72. The molecular formula is C26H21F3N4O. The number of nitrogens with zero attached hydrogens (tertiary/aromatic N) is 4. The standard InChI is InChI=1S/C26H21F3N4O/c1-32-25(16-10-19(27)23(29)20(28)11-16)18-13-17-5-2-6-22(24(18)31-32)33(17)26(34)15-8-7-14-4-3-9-30-21(14)12-15/h3-4,7-12,17,22H,2,5-6,13H2,1H3/t17-,22+/m1/s1. The number of rotatable bonds is 2. The molecule has 1 fully saturated rings. The number of carbonyl (C=O) groups is 1. The maximum atomic E-state index is 14.0. The summed E-state index contributed by atoms with van der Waals surface area (Å²) in [6.45, 7) is 0. The second-order valence-electron chi connectivity index (χ2n) is 9.02. The van der Waals surface area contributed by atoms with Gasteiger partial charge in [-0.05, 0) is 56.0 Å². The highest BCUT2D eigenvalue weighted by molar-refractivity contribution is 5.98. The molecule has 1 amide bonds. The van der Waals surface area contributed by atoms with Gasteiger partial charge in [0.15, 0.2) is 17.5 Å². The van der Waals surface area contributed by atoms with Crippen LogP contribution in [0.5, 0.6) is 0 Å². The molecule has 2 aromatic carbocycles. The molecule has 6 rings (SSSR count). The van der Waals surface area contributed by atoms with Crippen LogP contribution < -0.4 is 0 Å². The molecule has 34 heavy (non-hydrogen) atoms. The number of benzene rings is 2. The zero-order valence-corrected chi connectivity index (χ0v) is 18.4. The van der Waals surface area contributed by atoms with E-state index in [0.29, 0.717) is 17.7 Å². The fourth-order valence-electron chi connectivity index (χ4n) is 5.55. The van der Waals surface area contributed by atoms with Crippen LogP contribution in [-0.2, 0) is 13.5 Å². The number of halogens is 3. The predicted octanol–water partition coefficient (Wildman–Crippen LogP) is 5.34. The van der Waals surface area contributed by atoms with Crippen LogP contribution in [0.4, 0.5) is 13.2 Å². The molecule has 2 aromatic heterocycles. The topological polar surface area (TPSA) is 51.0 Å². The maximum Gasteiger partial charge on any atom is 0.254 e. The zero-order chi connectivity index (χ0) is 23.6. The SMILES string of the molecule is Cn1nc2c(c1-c1cc(F)c(F)c(F)c1)C[C@H]1CCC[C@@H]2N1C(=O)c1ccc2cccnc2c1. The molecule has 2 bridgehead atoms. The first-order valence-corrected chi connectivity index (χ1v) is 11.3. The van der Waals surface area contributed by atoms with Crippen molar-refractivity contribution in [2.75, 3.05) is 0 Å². The Bertz CT molecular complexity index is 1440. The minimum absolute atomic E-state index is 0.0590. The molecule has 2 aliphatic rings. The molecule has 0 saturated carbocycles. The van der Waals surface area contributed by atoms with Gasteiger partial charge in [-0.2, -0.15) is 5.10 Å². The van der Waals surface area contributed by atoms with Crippen molar-refractivity contribution >= 4 is 16.8 Å². The lowest BCUT2D eigenvalue weighted by Crippen LogP contribution is -2.49. The summed E-state index contributed by atoms with van der Waals surface area (Å²) < 4.78 is 43.1. The van der Waals surface area contributed by atoms with Crippen LogP contribution in [0.1, 0.15) is 46.9 Å². The second kappa shape index (κ2) is 7.68. The number of carbonyl (C=O) groups excluding carboxylic acids is 1. The summed E-state index contributed by atoms with van der Waals surface area (Å²) in [5.74, 6) is -4.03. The molecule has 2 atom stereocenters.